The number of rotatable bonds is 5. The van der Waals surface area contributed by atoms with Gasteiger partial charge in [0, 0.05) is 0 Å². The zero-order valence-electron chi connectivity index (χ0n) is 11.6. The maximum Gasteiger partial charge on any atom is 0.336 e. The van der Waals surface area contributed by atoms with E-state index in [-0.39, 0.29) is 24.5 Å². The summed E-state index contributed by atoms with van der Waals surface area (Å²) in [5.41, 5.74) is 2.05. The van der Waals surface area contributed by atoms with Crippen LogP contribution in [-0.4, -0.2) is 34.8 Å². The van der Waals surface area contributed by atoms with Gasteiger partial charge in [-0.3, -0.25) is 10.1 Å². The lowest BCUT2D eigenvalue weighted by Crippen LogP contribution is -2.21. The number of nitrogens with one attached hydrogen (secondary N) is 2. The summed E-state index contributed by atoms with van der Waals surface area (Å²) in [5.74, 6) is 0.580. The summed E-state index contributed by atoms with van der Waals surface area (Å²) in [6.07, 6.45) is 0. The number of anilines is 1. The first-order chi connectivity index (χ1) is 9.58. The molecule has 1 amide bonds. The molecule has 0 saturated heterocycles. The first-order valence-electron chi connectivity index (χ1n) is 6.05. The maximum absolute atomic E-state index is 11.7. The first kappa shape index (κ1) is 13.9. The van der Waals surface area contributed by atoms with Crippen molar-refractivity contribution in [1.82, 2.24) is 15.2 Å². The van der Waals surface area contributed by atoms with Crippen LogP contribution in [0.1, 0.15) is 11.1 Å². The van der Waals surface area contributed by atoms with Gasteiger partial charge >= 0.3 is 6.01 Å². The summed E-state index contributed by atoms with van der Waals surface area (Å²) < 4.78 is 10.3. The largest absolute Gasteiger partial charge is 0.483 e. The van der Waals surface area contributed by atoms with Crippen molar-refractivity contribution in [3.8, 4) is 11.8 Å². The van der Waals surface area contributed by atoms with Crippen LogP contribution in [0.25, 0.3) is 0 Å². The van der Waals surface area contributed by atoms with E-state index in [4.69, 9.17) is 9.47 Å². The molecule has 0 aliphatic carbocycles. The van der Waals surface area contributed by atoms with Crippen molar-refractivity contribution in [2.24, 2.45) is 0 Å². The number of hydrogen-bond acceptors (Lipinski definition) is 5. The highest BCUT2D eigenvalue weighted by molar-refractivity contribution is 5.90. The Morgan fingerprint density at radius 1 is 1.40 bits per heavy atom. The third-order valence-electron chi connectivity index (χ3n) is 2.61. The first-order valence-corrected chi connectivity index (χ1v) is 6.05. The van der Waals surface area contributed by atoms with Crippen LogP contribution in [0.2, 0.25) is 0 Å². The number of hydrogen-bond donors (Lipinski definition) is 2. The second kappa shape index (κ2) is 6.05. The number of carbonyl (C=O) groups excluding carboxylic acids is 1. The van der Waals surface area contributed by atoms with Gasteiger partial charge in [0.05, 0.1) is 7.11 Å². The molecule has 0 radical (unpaired) electrons. The molecule has 0 unspecified atom stereocenters. The number of H-pyrrole nitrogens is 1. The van der Waals surface area contributed by atoms with Gasteiger partial charge in [0.2, 0.25) is 5.95 Å². The molecule has 1 heterocycles. The summed E-state index contributed by atoms with van der Waals surface area (Å²) in [7, 11) is 1.44. The number of aryl methyl sites for hydroxylation is 2. The van der Waals surface area contributed by atoms with Gasteiger partial charge in [-0.05, 0) is 31.0 Å². The third kappa shape index (κ3) is 3.47. The minimum atomic E-state index is -0.329. The summed E-state index contributed by atoms with van der Waals surface area (Å²) in [6, 6.07) is 5.99. The van der Waals surface area contributed by atoms with E-state index in [2.05, 4.69) is 20.5 Å². The number of aromatic amines is 1. The van der Waals surface area contributed by atoms with Crippen LogP contribution in [0.5, 0.6) is 11.8 Å². The molecule has 0 aliphatic heterocycles. The van der Waals surface area contributed by atoms with Crippen LogP contribution in [0.3, 0.4) is 0 Å². The zero-order valence-corrected chi connectivity index (χ0v) is 11.6. The fourth-order valence-corrected chi connectivity index (χ4v) is 1.57. The van der Waals surface area contributed by atoms with Crippen molar-refractivity contribution in [2.45, 2.75) is 13.8 Å². The van der Waals surface area contributed by atoms with Gasteiger partial charge in [-0.1, -0.05) is 12.1 Å². The standard InChI is InChI=1S/C13H16N4O3/c1-8-4-5-9(2)10(6-8)20-7-11(18)14-12-15-13(19-3)17-16-12/h4-6H,7H2,1-3H3,(H2,14,15,16,17,18). The number of nitrogens with zero attached hydrogens (tertiary/aromatic N) is 2. The monoisotopic (exact) mass is 276 g/mol. The molecule has 106 valence electrons. The van der Waals surface area contributed by atoms with Gasteiger partial charge in [0.1, 0.15) is 5.75 Å². The third-order valence-corrected chi connectivity index (χ3v) is 2.61. The molecule has 7 nitrogen and oxygen atoms in total. The Kier molecular flexibility index (Phi) is 4.19. The van der Waals surface area contributed by atoms with Crippen LogP contribution in [-0.2, 0) is 4.79 Å². The Balaban J connectivity index is 1.90. The van der Waals surface area contributed by atoms with E-state index < -0.39 is 0 Å². The number of benzene rings is 1. The van der Waals surface area contributed by atoms with Crippen LogP contribution in [0.4, 0.5) is 5.95 Å². The van der Waals surface area contributed by atoms with Crippen molar-refractivity contribution in [3.63, 3.8) is 0 Å². The van der Waals surface area contributed by atoms with E-state index in [1.165, 1.54) is 7.11 Å². The quantitative estimate of drug-likeness (QED) is 0.862. The van der Waals surface area contributed by atoms with Gasteiger partial charge < -0.3 is 9.47 Å². The van der Waals surface area contributed by atoms with Crippen LogP contribution < -0.4 is 14.8 Å². The van der Waals surface area contributed by atoms with E-state index in [1.807, 2.05) is 32.0 Å². The molecule has 1 aromatic carbocycles. The summed E-state index contributed by atoms with van der Waals surface area (Å²) >= 11 is 0. The van der Waals surface area contributed by atoms with E-state index in [9.17, 15) is 4.79 Å². The van der Waals surface area contributed by atoms with Crippen molar-refractivity contribution in [2.75, 3.05) is 19.0 Å². The molecule has 2 aromatic rings. The highest BCUT2D eigenvalue weighted by Crippen LogP contribution is 2.18. The smallest absolute Gasteiger partial charge is 0.336 e. The van der Waals surface area contributed by atoms with E-state index in [0.717, 1.165) is 11.1 Å². The maximum atomic E-state index is 11.7. The van der Waals surface area contributed by atoms with Gasteiger partial charge in [-0.25, -0.2) is 5.10 Å². The molecule has 2 N–H and O–H groups in total. The second-order valence-electron chi connectivity index (χ2n) is 4.28. The van der Waals surface area contributed by atoms with Crippen LogP contribution >= 0.6 is 0 Å². The summed E-state index contributed by atoms with van der Waals surface area (Å²) in [6.45, 7) is 3.79. The van der Waals surface area contributed by atoms with Gasteiger partial charge in [-0.15, -0.1) is 5.10 Å². The van der Waals surface area contributed by atoms with Crippen LogP contribution in [0.15, 0.2) is 18.2 Å². The predicted molar refractivity (Wildman–Crippen MR) is 73.0 cm³/mol. The molecule has 0 bridgehead atoms. The van der Waals surface area contributed by atoms with Crippen molar-refractivity contribution < 1.29 is 14.3 Å². The molecule has 0 atom stereocenters. The fraction of sp³-hybridized carbons (Fsp3) is 0.308. The highest BCUT2D eigenvalue weighted by Gasteiger charge is 2.09. The summed E-state index contributed by atoms with van der Waals surface area (Å²) in [5, 5.41) is 8.78. The molecule has 20 heavy (non-hydrogen) atoms. The topological polar surface area (TPSA) is 89.1 Å². The van der Waals surface area contributed by atoms with E-state index in [1.54, 1.807) is 0 Å². The average molecular weight is 276 g/mol. The number of ether oxygens (including phenoxy) is 2. The second-order valence-corrected chi connectivity index (χ2v) is 4.28. The normalized spacial score (nSPS) is 10.2. The fourth-order valence-electron chi connectivity index (χ4n) is 1.57. The zero-order chi connectivity index (χ0) is 14.5. The Morgan fingerprint density at radius 2 is 2.20 bits per heavy atom. The van der Waals surface area contributed by atoms with Crippen molar-refractivity contribution >= 4 is 11.9 Å². The Morgan fingerprint density at radius 3 is 2.90 bits per heavy atom. The molecule has 0 saturated carbocycles. The minimum absolute atomic E-state index is 0.104. The molecule has 1 aromatic heterocycles. The summed E-state index contributed by atoms with van der Waals surface area (Å²) in [4.78, 5) is 15.6. The number of carbonyl (C=O) groups is 1. The minimum Gasteiger partial charge on any atom is -0.483 e. The Bertz CT molecular complexity index is 609. The number of methoxy groups -OCH3 is 1. The van der Waals surface area contributed by atoms with E-state index in [0.29, 0.717) is 5.75 Å². The molecular formula is C13H16N4O3. The lowest BCUT2D eigenvalue weighted by atomic mass is 10.1. The van der Waals surface area contributed by atoms with Crippen molar-refractivity contribution in [1.29, 1.82) is 0 Å². The molecular weight excluding hydrogens is 260 g/mol. The van der Waals surface area contributed by atoms with Gasteiger partial charge in [-0.2, -0.15) is 4.98 Å². The number of aromatic nitrogens is 3. The van der Waals surface area contributed by atoms with Gasteiger partial charge in [0.15, 0.2) is 6.61 Å². The Hall–Kier alpha value is -2.57. The lowest BCUT2D eigenvalue weighted by Gasteiger charge is -2.09. The average Bonchev–Trinajstić information content (AvgIpc) is 2.87. The molecule has 0 aliphatic rings. The SMILES string of the molecule is COc1n[nH]c(NC(=O)COc2cc(C)ccc2C)n1. The molecule has 0 spiro atoms. The molecule has 2 rings (SSSR count). The van der Waals surface area contributed by atoms with E-state index >= 15 is 0 Å². The van der Waals surface area contributed by atoms with Gasteiger partial charge in [0.25, 0.3) is 5.91 Å². The molecule has 0 fully saturated rings. The Labute approximate surface area is 116 Å². The number of amides is 1. The lowest BCUT2D eigenvalue weighted by molar-refractivity contribution is -0.118. The highest BCUT2D eigenvalue weighted by atomic mass is 16.5. The molecule has 7 heteroatoms. The van der Waals surface area contributed by atoms with Crippen molar-refractivity contribution in [3.05, 3.63) is 29.3 Å². The van der Waals surface area contributed by atoms with Crippen LogP contribution in [0, 0.1) is 13.8 Å². The predicted octanol–water partition coefficient (Wildman–Crippen LogP) is 1.45.